The van der Waals surface area contributed by atoms with Gasteiger partial charge in [0.15, 0.2) is 0 Å². The fourth-order valence-corrected chi connectivity index (χ4v) is 2.90. The van der Waals surface area contributed by atoms with E-state index in [1.54, 1.807) is 4.90 Å². The van der Waals surface area contributed by atoms with E-state index in [2.05, 4.69) is 0 Å². The molecule has 1 saturated heterocycles. The summed E-state index contributed by atoms with van der Waals surface area (Å²) in [6.45, 7) is 6.54. The van der Waals surface area contributed by atoms with Crippen LogP contribution in [0, 0.1) is 26.7 Å². The van der Waals surface area contributed by atoms with Crippen LogP contribution < -0.4 is 0 Å². The summed E-state index contributed by atoms with van der Waals surface area (Å²) in [7, 11) is 0. The molecule has 3 rings (SSSR count). The van der Waals surface area contributed by atoms with Gasteiger partial charge in [0.25, 0.3) is 5.91 Å². The number of carbonyl (C=O) groups excluding carboxylic acids is 1. The highest BCUT2D eigenvalue weighted by Crippen LogP contribution is 2.45. The molecule has 1 N–H and O–H groups in total. The number of furan rings is 1. The van der Waals surface area contributed by atoms with Gasteiger partial charge in [-0.25, -0.2) is 0 Å². The molecule has 1 aromatic heterocycles. The van der Waals surface area contributed by atoms with E-state index in [0.29, 0.717) is 30.3 Å². The van der Waals surface area contributed by atoms with E-state index in [0.717, 1.165) is 24.2 Å². The molecular formula is C14H19NO3. The molecule has 1 aliphatic heterocycles. The minimum atomic E-state index is -0.615. The number of amides is 1. The molecule has 4 nitrogen and oxygen atoms in total. The van der Waals surface area contributed by atoms with E-state index < -0.39 is 5.60 Å². The van der Waals surface area contributed by atoms with Crippen molar-refractivity contribution in [3.05, 3.63) is 22.6 Å². The van der Waals surface area contributed by atoms with Gasteiger partial charge in [0.05, 0.1) is 18.7 Å². The van der Waals surface area contributed by atoms with Gasteiger partial charge in [-0.1, -0.05) is 0 Å². The monoisotopic (exact) mass is 249 g/mol. The average Bonchev–Trinajstić information content (AvgIpc) is 3.04. The highest BCUT2D eigenvalue weighted by molar-refractivity contribution is 5.97. The Labute approximate surface area is 107 Å². The predicted octanol–water partition coefficient (Wildman–Crippen LogP) is 1.80. The third-order valence-electron chi connectivity index (χ3n) is 4.33. The molecule has 1 saturated carbocycles. The van der Waals surface area contributed by atoms with Gasteiger partial charge in [0.2, 0.25) is 0 Å². The first-order chi connectivity index (χ1) is 8.42. The van der Waals surface area contributed by atoms with Gasteiger partial charge in [-0.15, -0.1) is 0 Å². The third-order valence-corrected chi connectivity index (χ3v) is 4.33. The van der Waals surface area contributed by atoms with Crippen LogP contribution in [0.3, 0.4) is 0 Å². The van der Waals surface area contributed by atoms with E-state index >= 15 is 0 Å². The summed E-state index contributed by atoms with van der Waals surface area (Å²) >= 11 is 0. The van der Waals surface area contributed by atoms with Crippen molar-refractivity contribution in [1.82, 2.24) is 4.90 Å². The van der Waals surface area contributed by atoms with Crippen LogP contribution in [-0.4, -0.2) is 34.6 Å². The molecule has 2 fully saturated rings. The van der Waals surface area contributed by atoms with Gasteiger partial charge in [-0.05, 0) is 39.5 Å². The van der Waals surface area contributed by atoms with Crippen molar-refractivity contribution in [3.8, 4) is 0 Å². The van der Waals surface area contributed by atoms with Crippen molar-refractivity contribution in [3.63, 3.8) is 0 Å². The van der Waals surface area contributed by atoms with Crippen molar-refractivity contribution >= 4 is 5.91 Å². The van der Waals surface area contributed by atoms with Crippen LogP contribution in [0.15, 0.2) is 4.42 Å². The Morgan fingerprint density at radius 3 is 2.33 bits per heavy atom. The van der Waals surface area contributed by atoms with Crippen LogP contribution in [0.1, 0.15) is 40.3 Å². The van der Waals surface area contributed by atoms with Crippen LogP contribution >= 0.6 is 0 Å². The zero-order valence-electron chi connectivity index (χ0n) is 11.1. The van der Waals surface area contributed by atoms with Crippen LogP contribution in [-0.2, 0) is 0 Å². The molecule has 2 aliphatic rings. The van der Waals surface area contributed by atoms with Gasteiger partial charge >= 0.3 is 0 Å². The maximum absolute atomic E-state index is 12.4. The maximum Gasteiger partial charge on any atom is 0.257 e. The fourth-order valence-electron chi connectivity index (χ4n) is 2.90. The number of nitrogens with zero attached hydrogens (tertiary/aromatic N) is 1. The molecule has 0 bridgehead atoms. The largest absolute Gasteiger partial charge is 0.466 e. The smallest absolute Gasteiger partial charge is 0.257 e. The SMILES string of the molecule is Cc1oc(C)c(C(=O)N2CC(O)(C3CC3)C2)c1C. The Hall–Kier alpha value is -1.29. The molecule has 0 atom stereocenters. The zero-order valence-corrected chi connectivity index (χ0v) is 11.1. The molecule has 18 heavy (non-hydrogen) atoms. The molecular weight excluding hydrogens is 230 g/mol. The van der Waals surface area contributed by atoms with Gasteiger partial charge < -0.3 is 14.4 Å². The molecule has 2 heterocycles. The van der Waals surface area contributed by atoms with Crippen molar-refractivity contribution in [1.29, 1.82) is 0 Å². The Morgan fingerprint density at radius 2 is 1.89 bits per heavy atom. The normalized spacial score (nSPS) is 21.9. The third kappa shape index (κ3) is 1.59. The van der Waals surface area contributed by atoms with E-state index in [4.69, 9.17) is 4.42 Å². The second kappa shape index (κ2) is 3.60. The summed E-state index contributed by atoms with van der Waals surface area (Å²) in [5, 5.41) is 10.2. The molecule has 0 radical (unpaired) electrons. The van der Waals surface area contributed by atoms with Crippen LogP contribution in [0.4, 0.5) is 0 Å². The standard InChI is InChI=1S/C14H19NO3/c1-8-9(2)18-10(3)12(8)13(16)15-6-14(17,7-15)11-4-5-11/h11,17H,4-7H2,1-3H3. The summed E-state index contributed by atoms with van der Waals surface area (Å²) in [5.74, 6) is 1.88. The number of hydrogen-bond donors (Lipinski definition) is 1. The number of β-amino-alcohol motifs (C(OH)–C–C–N with tert-alkyl or cyclic N) is 1. The van der Waals surface area contributed by atoms with Gasteiger partial charge in [-0.2, -0.15) is 0 Å². The first kappa shape index (κ1) is 11.8. The highest BCUT2D eigenvalue weighted by Gasteiger charge is 2.53. The van der Waals surface area contributed by atoms with Crippen LogP contribution in [0.25, 0.3) is 0 Å². The second-order valence-corrected chi connectivity index (χ2v) is 5.75. The summed E-state index contributed by atoms with van der Waals surface area (Å²) in [5.41, 5.74) is 0.973. The second-order valence-electron chi connectivity index (χ2n) is 5.75. The number of likely N-dealkylation sites (tertiary alicyclic amines) is 1. The Kier molecular flexibility index (Phi) is 2.36. The number of aryl methyl sites for hydroxylation is 2. The topological polar surface area (TPSA) is 53.7 Å². The fraction of sp³-hybridized carbons (Fsp3) is 0.643. The van der Waals surface area contributed by atoms with Crippen molar-refractivity contribution in [2.75, 3.05) is 13.1 Å². The molecule has 1 amide bonds. The van der Waals surface area contributed by atoms with Crippen molar-refractivity contribution in [2.24, 2.45) is 5.92 Å². The Bertz CT molecular complexity index is 507. The minimum Gasteiger partial charge on any atom is -0.466 e. The number of rotatable bonds is 2. The van der Waals surface area contributed by atoms with Gasteiger partial charge in [-0.3, -0.25) is 4.79 Å². The number of aliphatic hydroxyl groups is 1. The van der Waals surface area contributed by atoms with Crippen molar-refractivity contribution < 1.29 is 14.3 Å². The Morgan fingerprint density at radius 1 is 1.28 bits per heavy atom. The quantitative estimate of drug-likeness (QED) is 0.869. The maximum atomic E-state index is 12.4. The van der Waals surface area contributed by atoms with Crippen molar-refractivity contribution in [2.45, 2.75) is 39.2 Å². The lowest BCUT2D eigenvalue weighted by atomic mass is 9.88. The number of hydrogen-bond acceptors (Lipinski definition) is 3. The van der Waals surface area contributed by atoms with E-state index in [1.807, 2.05) is 20.8 Å². The molecule has 4 heteroatoms. The van der Waals surface area contributed by atoms with E-state index in [9.17, 15) is 9.90 Å². The first-order valence-corrected chi connectivity index (χ1v) is 6.50. The zero-order chi connectivity index (χ0) is 13.1. The molecule has 0 spiro atoms. The highest BCUT2D eigenvalue weighted by atomic mass is 16.3. The first-order valence-electron chi connectivity index (χ1n) is 6.50. The molecule has 98 valence electrons. The van der Waals surface area contributed by atoms with E-state index in [1.165, 1.54) is 0 Å². The summed E-state index contributed by atoms with van der Waals surface area (Å²) in [6, 6.07) is 0. The average molecular weight is 249 g/mol. The molecule has 1 aliphatic carbocycles. The van der Waals surface area contributed by atoms with Crippen LogP contribution in [0.5, 0.6) is 0 Å². The summed E-state index contributed by atoms with van der Waals surface area (Å²) in [6.07, 6.45) is 2.20. The van der Waals surface area contributed by atoms with Gasteiger partial charge in [0, 0.05) is 5.56 Å². The molecule has 0 unspecified atom stereocenters. The lowest BCUT2D eigenvalue weighted by Crippen LogP contribution is -2.64. The van der Waals surface area contributed by atoms with E-state index in [-0.39, 0.29) is 5.91 Å². The summed E-state index contributed by atoms with van der Waals surface area (Å²) < 4.78 is 5.49. The minimum absolute atomic E-state index is 0.00725. The Balaban J connectivity index is 1.76. The lowest BCUT2D eigenvalue weighted by molar-refractivity contribution is -0.0958. The molecule has 1 aromatic rings. The summed E-state index contributed by atoms with van der Waals surface area (Å²) in [4.78, 5) is 14.1. The van der Waals surface area contributed by atoms with Crippen LogP contribution in [0.2, 0.25) is 0 Å². The lowest BCUT2D eigenvalue weighted by Gasteiger charge is -2.47. The number of carbonyl (C=O) groups is 1. The van der Waals surface area contributed by atoms with Gasteiger partial charge in [0.1, 0.15) is 17.1 Å². The predicted molar refractivity (Wildman–Crippen MR) is 66.5 cm³/mol. The molecule has 0 aromatic carbocycles.